The zero-order valence-electron chi connectivity index (χ0n) is 11.1. The molecule has 2 amide bonds. The Bertz CT molecular complexity index is 655. The maximum Gasteiger partial charge on any atom is 0.252 e. The third kappa shape index (κ3) is 2.93. The van der Waals surface area contributed by atoms with E-state index in [-0.39, 0.29) is 18.3 Å². The number of benzene rings is 2. The number of carbonyl (C=O) groups excluding carboxylic acids is 2. The fourth-order valence-electron chi connectivity index (χ4n) is 1.98. The van der Waals surface area contributed by atoms with E-state index in [0.717, 1.165) is 0 Å². The number of nitrogens with one attached hydrogen (secondary N) is 2. The second-order valence-corrected chi connectivity index (χ2v) is 4.28. The Balaban J connectivity index is 2.23. The van der Waals surface area contributed by atoms with Gasteiger partial charge in [-0.25, -0.2) is 4.39 Å². The number of carbonyl (C=O) groups is 2. The van der Waals surface area contributed by atoms with Crippen LogP contribution >= 0.6 is 0 Å². The van der Waals surface area contributed by atoms with Crippen molar-refractivity contribution in [3.63, 3.8) is 0 Å². The summed E-state index contributed by atoms with van der Waals surface area (Å²) in [5.74, 6) is -1.03. The van der Waals surface area contributed by atoms with Gasteiger partial charge in [0.25, 0.3) is 5.91 Å². The van der Waals surface area contributed by atoms with Crippen molar-refractivity contribution in [2.24, 2.45) is 0 Å². The third-order valence-corrected chi connectivity index (χ3v) is 2.90. The Hall–Kier alpha value is -2.43. The molecule has 5 heteroatoms. The molecule has 0 saturated carbocycles. The summed E-state index contributed by atoms with van der Waals surface area (Å²) in [5.41, 5.74) is 0.353. The Morgan fingerprint density at radius 1 is 1.05 bits per heavy atom. The van der Waals surface area contributed by atoms with E-state index in [1.807, 2.05) is 0 Å². The normalized spacial score (nSPS) is 10.3. The average molecular weight is 274 g/mol. The molecule has 0 fully saturated rings. The predicted octanol–water partition coefficient (Wildman–Crippen LogP) is 1.84. The van der Waals surface area contributed by atoms with E-state index in [4.69, 9.17) is 0 Å². The van der Waals surface area contributed by atoms with Crippen LogP contribution in [0.3, 0.4) is 0 Å². The maximum atomic E-state index is 13.6. The molecule has 0 aliphatic rings. The largest absolute Gasteiger partial charge is 0.355 e. The fraction of sp³-hybridized carbons (Fsp3) is 0.200. The van der Waals surface area contributed by atoms with E-state index in [2.05, 4.69) is 10.6 Å². The molecule has 0 saturated heterocycles. The number of amides is 2. The van der Waals surface area contributed by atoms with Crippen LogP contribution in [0.15, 0.2) is 36.4 Å². The molecule has 0 atom stereocenters. The molecule has 2 aromatic carbocycles. The zero-order chi connectivity index (χ0) is 14.5. The number of fused-ring (bicyclic) bond motifs is 1. The highest BCUT2D eigenvalue weighted by atomic mass is 19.1. The quantitative estimate of drug-likeness (QED) is 0.894. The van der Waals surface area contributed by atoms with E-state index in [1.54, 1.807) is 31.2 Å². The van der Waals surface area contributed by atoms with Crippen LogP contribution in [-0.4, -0.2) is 24.9 Å². The number of likely N-dealkylation sites (N-methyl/N-ethyl adjacent to an activating group) is 1. The van der Waals surface area contributed by atoms with Gasteiger partial charge in [0.2, 0.25) is 5.91 Å². The number of rotatable bonds is 4. The maximum absolute atomic E-state index is 13.6. The molecule has 0 aliphatic carbocycles. The Kier molecular flexibility index (Phi) is 4.30. The van der Waals surface area contributed by atoms with Crippen molar-refractivity contribution in [1.29, 1.82) is 0 Å². The topological polar surface area (TPSA) is 58.2 Å². The van der Waals surface area contributed by atoms with Crippen LogP contribution in [0.4, 0.5) is 4.39 Å². The second-order valence-electron chi connectivity index (χ2n) is 4.28. The highest BCUT2D eigenvalue weighted by Crippen LogP contribution is 2.21. The van der Waals surface area contributed by atoms with Crippen LogP contribution in [0, 0.1) is 5.82 Å². The third-order valence-electron chi connectivity index (χ3n) is 2.90. The lowest BCUT2D eigenvalue weighted by Crippen LogP contribution is -2.36. The van der Waals surface area contributed by atoms with E-state index >= 15 is 0 Å². The number of halogens is 1. The Morgan fingerprint density at radius 3 is 2.45 bits per heavy atom. The van der Waals surface area contributed by atoms with Crippen molar-refractivity contribution in [2.45, 2.75) is 6.92 Å². The van der Waals surface area contributed by atoms with Crippen molar-refractivity contribution >= 4 is 22.6 Å². The highest BCUT2D eigenvalue weighted by Gasteiger charge is 2.12. The first-order valence-electron chi connectivity index (χ1n) is 6.35. The molecule has 0 aliphatic heterocycles. The van der Waals surface area contributed by atoms with Gasteiger partial charge in [0.05, 0.1) is 6.54 Å². The molecule has 0 heterocycles. The van der Waals surface area contributed by atoms with E-state index < -0.39 is 5.91 Å². The first-order valence-corrected chi connectivity index (χ1v) is 6.35. The summed E-state index contributed by atoms with van der Waals surface area (Å²) in [4.78, 5) is 23.4. The van der Waals surface area contributed by atoms with Crippen molar-refractivity contribution < 1.29 is 14.0 Å². The molecule has 2 N–H and O–H groups in total. The summed E-state index contributed by atoms with van der Waals surface area (Å²) in [6.07, 6.45) is 0. The lowest BCUT2D eigenvalue weighted by molar-refractivity contribution is -0.120. The fourth-order valence-corrected chi connectivity index (χ4v) is 1.98. The molecular weight excluding hydrogens is 259 g/mol. The van der Waals surface area contributed by atoms with E-state index in [0.29, 0.717) is 22.9 Å². The number of hydrogen-bond acceptors (Lipinski definition) is 2. The molecule has 4 nitrogen and oxygen atoms in total. The average Bonchev–Trinajstić information content (AvgIpc) is 2.46. The summed E-state index contributed by atoms with van der Waals surface area (Å²) in [5, 5.41) is 6.02. The molecule has 0 aromatic heterocycles. The van der Waals surface area contributed by atoms with Crippen molar-refractivity contribution in [2.75, 3.05) is 13.1 Å². The van der Waals surface area contributed by atoms with Crippen LogP contribution in [0.25, 0.3) is 10.8 Å². The summed E-state index contributed by atoms with van der Waals surface area (Å²) in [7, 11) is 0. The second kappa shape index (κ2) is 6.14. The van der Waals surface area contributed by atoms with Gasteiger partial charge in [0.1, 0.15) is 5.82 Å². The van der Waals surface area contributed by atoms with Crippen molar-refractivity contribution in [3.8, 4) is 0 Å². The molecule has 104 valence electrons. The van der Waals surface area contributed by atoms with Gasteiger partial charge < -0.3 is 10.6 Å². The molecule has 2 aromatic rings. The minimum atomic E-state index is -0.396. The van der Waals surface area contributed by atoms with E-state index in [1.165, 1.54) is 12.1 Å². The summed E-state index contributed by atoms with van der Waals surface area (Å²) in [6, 6.07) is 9.42. The lowest BCUT2D eigenvalue weighted by Gasteiger charge is -2.08. The van der Waals surface area contributed by atoms with Crippen LogP contribution in [0.2, 0.25) is 0 Å². The standard InChI is InChI=1S/C15H15FN2O2/c1-2-17-14(19)9-18-15(20)12-7-8-13(16)11-6-4-3-5-10(11)12/h3-8H,2,9H2,1H3,(H,17,19)(H,18,20). The molecular formula is C15H15FN2O2. The molecule has 0 bridgehead atoms. The predicted molar refractivity (Wildman–Crippen MR) is 74.9 cm³/mol. The van der Waals surface area contributed by atoms with Crippen molar-refractivity contribution in [1.82, 2.24) is 10.6 Å². The van der Waals surface area contributed by atoms with Gasteiger partial charge >= 0.3 is 0 Å². The van der Waals surface area contributed by atoms with Crippen molar-refractivity contribution in [3.05, 3.63) is 47.8 Å². The highest BCUT2D eigenvalue weighted by molar-refractivity contribution is 6.07. The monoisotopic (exact) mass is 274 g/mol. The summed E-state index contributed by atoms with van der Waals surface area (Å²) < 4.78 is 13.6. The van der Waals surface area contributed by atoms with Gasteiger partial charge in [-0.1, -0.05) is 24.3 Å². The summed E-state index contributed by atoms with van der Waals surface area (Å²) in [6.45, 7) is 2.21. The van der Waals surface area contributed by atoms with Gasteiger partial charge in [-0.2, -0.15) is 0 Å². The van der Waals surface area contributed by atoms with Gasteiger partial charge in [-0.3, -0.25) is 9.59 Å². The van der Waals surface area contributed by atoms with Gasteiger partial charge in [-0.05, 0) is 24.4 Å². The minimum Gasteiger partial charge on any atom is -0.355 e. The smallest absolute Gasteiger partial charge is 0.252 e. The first-order chi connectivity index (χ1) is 9.63. The molecule has 0 radical (unpaired) electrons. The Morgan fingerprint density at radius 2 is 1.75 bits per heavy atom. The zero-order valence-corrected chi connectivity index (χ0v) is 11.1. The minimum absolute atomic E-state index is 0.0988. The van der Waals surface area contributed by atoms with Crippen LogP contribution in [0.5, 0.6) is 0 Å². The molecule has 0 spiro atoms. The molecule has 0 unspecified atom stereocenters. The lowest BCUT2D eigenvalue weighted by atomic mass is 10.0. The molecule has 2 rings (SSSR count). The van der Waals surface area contributed by atoms with Crippen LogP contribution in [-0.2, 0) is 4.79 Å². The summed E-state index contributed by atoms with van der Waals surface area (Å²) >= 11 is 0. The van der Waals surface area contributed by atoms with Crippen LogP contribution in [0.1, 0.15) is 17.3 Å². The van der Waals surface area contributed by atoms with Gasteiger partial charge in [-0.15, -0.1) is 0 Å². The number of hydrogen-bond donors (Lipinski definition) is 2. The molecule has 20 heavy (non-hydrogen) atoms. The van der Waals surface area contributed by atoms with Gasteiger partial charge in [0.15, 0.2) is 0 Å². The first kappa shape index (κ1) is 14.0. The van der Waals surface area contributed by atoms with E-state index in [9.17, 15) is 14.0 Å². The van der Waals surface area contributed by atoms with Crippen LogP contribution < -0.4 is 10.6 Å². The Labute approximate surface area is 116 Å². The van der Waals surface area contributed by atoms with Gasteiger partial charge in [0, 0.05) is 17.5 Å². The SMILES string of the molecule is CCNC(=O)CNC(=O)c1ccc(F)c2ccccc12.